The molecule has 0 rings (SSSR count). The largest absolute Gasteiger partial charge is 0.390 e. The zero-order chi connectivity index (χ0) is 15.0. The number of nitrogens with two attached hydrogens (primary N) is 2. The van der Waals surface area contributed by atoms with Crippen molar-refractivity contribution < 1.29 is 23.9 Å². The summed E-state index contributed by atoms with van der Waals surface area (Å²) in [4.78, 5) is 44.3. The third kappa shape index (κ3) is 7.84. The highest BCUT2D eigenvalue weighted by Gasteiger charge is 2.15. The zero-order valence-electron chi connectivity index (χ0n) is 10.8. The van der Waals surface area contributed by atoms with Gasteiger partial charge in [0, 0.05) is 0 Å². The maximum absolute atomic E-state index is 11.1. The standard InChI is InChI=1S/C10H18N4O5/c1-5(11)9(17)13-3-7(15)19-8(16)4-14-10(18)6(2)12/h5-6H,3-4,11-12H2,1-2H3,(H,13,17)(H,14,18). The smallest absolute Gasteiger partial charge is 0.333 e. The molecule has 9 nitrogen and oxygen atoms in total. The maximum atomic E-state index is 11.1. The monoisotopic (exact) mass is 274 g/mol. The van der Waals surface area contributed by atoms with Gasteiger partial charge in [0.05, 0.1) is 12.1 Å². The molecule has 0 aliphatic carbocycles. The molecule has 0 aromatic rings. The second kappa shape index (κ2) is 8.16. The van der Waals surface area contributed by atoms with E-state index in [1.165, 1.54) is 13.8 Å². The SMILES string of the molecule is CC(N)C(=O)NCC(=O)OC(=O)CNC(=O)C(C)N. The van der Waals surface area contributed by atoms with Gasteiger partial charge in [-0.3, -0.25) is 9.59 Å². The molecule has 0 saturated carbocycles. The van der Waals surface area contributed by atoms with Gasteiger partial charge in [-0.15, -0.1) is 0 Å². The van der Waals surface area contributed by atoms with Crippen LogP contribution in [0.4, 0.5) is 0 Å². The molecular weight excluding hydrogens is 256 g/mol. The van der Waals surface area contributed by atoms with E-state index in [0.717, 1.165) is 0 Å². The van der Waals surface area contributed by atoms with Gasteiger partial charge in [-0.2, -0.15) is 0 Å². The van der Waals surface area contributed by atoms with Crippen LogP contribution in [-0.2, 0) is 23.9 Å². The molecule has 0 aliphatic rings. The first-order valence-electron chi connectivity index (χ1n) is 5.54. The summed E-state index contributed by atoms with van der Waals surface area (Å²) in [5.74, 6) is -2.99. The van der Waals surface area contributed by atoms with Crippen molar-refractivity contribution >= 4 is 23.8 Å². The number of rotatable bonds is 6. The summed E-state index contributed by atoms with van der Waals surface area (Å²) in [6, 6.07) is -1.54. The van der Waals surface area contributed by atoms with Gasteiger partial charge in [0.2, 0.25) is 11.8 Å². The van der Waals surface area contributed by atoms with Gasteiger partial charge >= 0.3 is 11.9 Å². The fourth-order valence-electron chi connectivity index (χ4n) is 0.840. The Morgan fingerprint density at radius 3 is 1.47 bits per heavy atom. The predicted octanol–water partition coefficient (Wildman–Crippen LogP) is -3.02. The van der Waals surface area contributed by atoms with Crippen molar-refractivity contribution in [2.24, 2.45) is 11.5 Å². The van der Waals surface area contributed by atoms with Crippen LogP contribution in [0.1, 0.15) is 13.8 Å². The van der Waals surface area contributed by atoms with E-state index in [0.29, 0.717) is 0 Å². The van der Waals surface area contributed by atoms with Gasteiger partial charge in [0.25, 0.3) is 0 Å². The van der Waals surface area contributed by atoms with Crippen LogP contribution in [0.3, 0.4) is 0 Å². The Labute approximate surface area is 110 Å². The van der Waals surface area contributed by atoms with Crippen LogP contribution in [0, 0.1) is 0 Å². The van der Waals surface area contributed by atoms with Crippen LogP contribution >= 0.6 is 0 Å². The highest BCUT2D eigenvalue weighted by molar-refractivity contribution is 5.92. The second-order valence-electron chi connectivity index (χ2n) is 3.86. The fraction of sp³-hybridized carbons (Fsp3) is 0.600. The minimum atomic E-state index is -0.950. The van der Waals surface area contributed by atoms with Crippen molar-refractivity contribution in [3.63, 3.8) is 0 Å². The molecule has 108 valence electrons. The molecular formula is C10H18N4O5. The summed E-state index contributed by atoms with van der Waals surface area (Å²) in [5, 5.41) is 4.34. The van der Waals surface area contributed by atoms with Gasteiger partial charge < -0.3 is 26.8 Å². The van der Waals surface area contributed by atoms with Crippen LogP contribution < -0.4 is 22.1 Å². The maximum Gasteiger partial charge on any atom is 0.333 e. The number of nitrogens with one attached hydrogen (secondary N) is 2. The Bertz CT molecular complexity index is 333. The fourth-order valence-corrected chi connectivity index (χ4v) is 0.840. The van der Waals surface area contributed by atoms with Gasteiger partial charge in [-0.05, 0) is 13.8 Å². The van der Waals surface area contributed by atoms with Crippen LogP contribution in [0.15, 0.2) is 0 Å². The molecule has 0 radical (unpaired) electrons. The first kappa shape index (κ1) is 17.0. The predicted molar refractivity (Wildman–Crippen MR) is 64.4 cm³/mol. The van der Waals surface area contributed by atoms with E-state index in [-0.39, 0.29) is 0 Å². The second-order valence-corrected chi connectivity index (χ2v) is 3.86. The summed E-state index contributed by atoms with van der Waals surface area (Å²) < 4.78 is 4.32. The summed E-state index contributed by atoms with van der Waals surface area (Å²) in [5.41, 5.74) is 10.5. The van der Waals surface area contributed by atoms with Crippen LogP contribution in [0.5, 0.6) is 0 Å². The molecule has 9 heteroatoms. The lowest BCUT2D eigenvalue weighted by molar-refractivity contribution is -0.159. The Morgan fingerprint density at radius 2 is 1.21 bits per heavy atom. The van der Waals surface area contributed by atoms with Crippen LogP contribution in [0.2, 0.25) is 0 Å². The number of hydrogen-bond donors (Lipinski definition) is 4. The Hall–Kier alpha value is -2.00. The average molecular weight is 274 g/mol. The number of ether oxygens (including phenoxy) is 1. The molecule has 2 amide bonds. The van der Waals surface area contributed by atoms with E-state index < -0.39 is 48.9 Å². The highest BCUT2D eigenvalue weighted by Crippen LogP contribution is 1.82. The summed E-state index contributed by atoms with van der Waals surface area (Å²) in [6.07, 6.45) is 0. The lowest BCUT2D eigenvalue weighted by Gasteiger charge is -2.08. The van der Waals surface area contributed by atoms with Gasteiger partial charge in [0.15, 0.2) is 0 Å². The first-order chi connectivity index (χ1) is 8.73. The van der Waals surface area contributed by atoms with Crippen molar-refractivity contribution in [2.75, 3.05) is 13.1 Å². The lowest BCUT2D eigenvalue weighted by atomic mass is 10.3. The molecule has 0 fully saturated rings. The molecule has 6 N–H and O–H groups in total. The zero-order valence-corrected chi connectivity index (χ0v) is 10.8. The van der Waals surface area contributed by atoms with E-state index in [2.05, 4.69) is 15.4 Å². The minimum absolute atomic E-state index is 0.479. The van der Waals surface area contributed by atoms with E-state index >= 15 is 0 Å². The Balaban J connectivity index is 3.91. The van der Waals surface area contributed by atoms with Crippen molar-refractivity contribution in [3.05, 3.63) is 0 Å². The molecule has 0 saturated heterocycles. The van der Waals surface area contributed by atoms with Gasteiger partial charge in [-0.25, -0.2) is 9.59 Å². The van der Waals surface area contributed by atoms with Crippen molar-refractivity contribution in [2.45, 2.75) is 25.9 Å². The number of hydrogen-bond acceptors (Lipinski definition) is 7. The number of carbonyl (C=O) groups is 4. The Kier molecular flexibility index (Phi) is 7.30. The molecule has 0 heterocycles. The lowest BCUT2D eigenvalue weighted by Crippen LogP contribution is -2.43. The quantitative estimate of drug-likeness (QED) is 0.297. The van der Waals surface area contributed by atoms with Crippen molar-refractivity contribution in [1.29, 1.82) is 0 Å². The van der Waals surface area contributed by atoms with Gasteiger partial charge in [0.1, 0.15) is 13.1 Å². The first-order valence-corrected chi connectivity index (χ1v) is 5.54. The summed E-state index contributed by atoms with van der Waals surface area (Å²) in [6.45, 7) is 1.92. The molecule has 0 aromatic heterocycles. The number of amides is 2. The number of esters is 2. The molecule has 19 heavy (non-hydrogen) atoms. The van der Waals surface area contributed by atoms with Crippen molar-refractivity contribution in [1.82, 2.24) is 10.6 Å². The topological polar surface area (TPSA) is 154 Å². The van der Waals surface area contributed by atoms with Crippen LogP contribution in [-0.4, -0.2) is 48.9 Å². The third-order valence-electron chi connectivity index (χ3n) is 1.87. The van der Waals surface area contributed by atoms with E-state index in [9.17, 15) is 19.2 Å². The molecule has 0 aliphatic heterocycles. The van der Waals surface area contributed by atoms with E-state index in [4.69, 9.17) is 11.5 Å². The highest BCUT2D eigenvalue weighted by atomic mass is 16.6. The average Bonchev–Trinajstić information content (AvgIpc) is 2.32. The van der Waals surface area contributed by atoms with Gasteiger partial charge in [-0.1, -0.05) is 0 Å². The van der Waals surface area contributed by atoms with E-state index in [1.54, 1.807) is 0 Å². The molecule has 0 aromatic carbocycles. The van der Waals surface area contributed by atoms with Crippen molar-refractivity contribution in [3.8, 4) is 0 Å². The minimum Gasteiger partial charge on any atom is -0.390 e. The Morgan fingerprint density at radius 1 is 0.895 bits per heavy atom. The van der Waals surface area contributed by atoms with Crippen LogP contribution in [0.25, 0.3) is 0 Å². The molecule has 0 spiro atoms. The summed E-state index contributed by atoms with van der Waals surface area (Å²) >= 11 is 0. The molecule has 0 bridgehead atoms. The summed E-state index contributed by atoms with van der Waals surface area (Å²) in [7, 11) is 0. The number of carbonyl (C=O) groups excluding carboxylic acids is 4. The third-order valence-corrected chi connectivity index (χ3v) is 1.87. The molecule has 2 unspecified atom stereocenters. The normalized spacial score (nSPS) is 13.1. The van der Waals surface area contributed by atoms with E-state index in [1.807, 2.05) is 0 Å². The molecule has 2 atom stereocenters.